The lowest BCUT2D eigenvalue weighted by molar-refractivity contribution is -0.121. The van der Waals surface area contributed by atoms with Gasteiger partial charge in [-0.3, -0.25) is 9.59 Å². The van der Waals surface area contributed by atoms with Crippen LogP contribution in [0.25, 0.3) is 0 Å². The van der Waals surface area contributed by atoms with Crippen LogP contribution in [0.1, 0.15) is 24.8 Å². The highest BCUT2D eigenvalue weighted by Crippen LogP contribution is 2.15. The van der Waals surface area contributed by atoms with Gasteiger partial charge < -0.3 is 9.88 Å². The van der Waals surface area contributed by atoms with Crippen LogP contribution in [-0.2, 0) is 23.1 Å². The molecular weight excluding hydrogens is 358 g/mol. The molecule has 0 aliphatic carbocycles. The first-order valence-electron chi connectivity index (χ1n) is 8.07. The highest BCUT2D eigenvalue weighted by molar-refractivity contribution is 7.99. The molecule has 0 aliphatic heterocycles. The van der Waals surface area contributed by atoms with Gasteiger partial charge in [-0.15, -0.1) is 12.4 Å². The number of amides is 1. The fourth-order valence-electron chi connectivity index (χ4n) is 2.23. The number of carbonyl (C=O) groups excluding carboxylic acids is 2. The second-order valence-corrected chi connectivity index (χ2v) is 6.53. The van der Waals surface area contributed by atoms with E-state index in [4.69, 9.17) is 0 Å². The molecule has 0 saturated carbocycles. The number of thioether (sulfide) groups is 1. The predicted molar refractivity (Wildman–Crippen MR) is 103 cm³/mol. The Labute approximate surface area is 159 Å². The minimum atomic E-state index is 0. The number of halogens is 1. The van der Waals surface area contributed by atoms with Gasteiger partial charge in [0.25, 0.3) is 0 Å². The van der Waals surface area contributed by atoms with Crippen LogP contribution in [0.3, 0.4) is 0 Å². The Balaban J connectivity index is 0.00000312. The molecule has 1 amide bonds. The molecule has 5 nitrogen and oxygen atoms in total. The molecule has 2 aromatic rings. The van der Waals surface area contributed by atoms with Gasteiger partial charge in [0.05, 0.1) is 5.75 Å². The molecule has 0 saturated heterocycles. The van der Waals surface area contributed by atoms with Crippen LogP contribution in [0, 0.1) is 0 Å². The van der Waals surface area contributed by atoms with Gasteiger partial charge in [0, 0.05) is 38.8 Å². The first kappa shape index (κ1) is 21.3. The van der Waals surface area contributed by atoms with E-state index < -0.39 is 0 Å². The van der Waals surface area contributed by atoms with E-state index in [1.165, 1.54) is 17.3 Å². The van der Waals surface area contributed by atoms with Crippen molar-refractivity contribution in [3.63, 3.8) is 0 Å². The molecule has 7 heteroatoms. The molecule has 0 fully saturated rings. The van der Waals surface area contributed by atoms with E-state index in [1.54, 1.807) is 6.20 Å². The van der Waals surface area contributed by atoms with Gasteiger partial charge in [-0.1, -0.05) is 42.1 Å². The van der Waals surface area contributed by atoms with Crippen LogP contribution in [-0.4, -0.2) is 33.5 Å². The number of hydrogen-bond acceptors (Lipinski definition) is 4. The number of aryl methyl sites for hydroxylation is 1. The molecule has 2 rings (SSSR count). The summed E-state index contributed by atoms with van der Waals surface area (Å²) in [6.45, 7) is 0.631. The summed E-state index contributed by atoms with van der Waals surface area (Å²) in [6.07, 6.45) is 5.82. The minimum absolute atomic E-state index is 0. The molecule has 1 heterocycles. The van der Waals surface area contributed by atoms with E-state index in [1.807, 2.05) is 48.1 Å². The summed E-state index contributed by atoms with van der Waals surface area (Å²) in [5.74, 6) is 0.566. The maximum Gasteiger partial charge on any atom is 0.220 e. The van der Waals surface area contributed by atoms with Crippen molar-refractivity contribution in [3.05, 3.63) is 48.3 Å². The molecular formula is C18H24ClN3O2S. The Morgan fingerprint density at radius 3 is 2.64 bits per heavy atom. The SMILES string of the molecule is Cl.Cn1ccnc1SCC(=O)CCCC(=O)NCCc1ccccc1. The molecule has 0 unspecified atom stereocenters. The lowest BCUT2D eigenvalue weighted by Gasteiger charge is -2.05. The monoisotopic (exact) mass is 381 g/mol. The van der Waals surface area contributed by atoms with E-state index >= 15 is 0 Å². The smallest absolute Gasteiger partial charge is 0.220 e. The number of carbonyl (C=O) groups is 2. The number of Topliss-reactive ketones (excluding diaryl/α,β-unsaturated/α-hetero) is 1. The van der Waals surface area contributed by atoms with Gasteiger partial charge in [0.15, 0.2) is 5.16 Å². The summed E-state index contributed by atoms with van der Waals surface area (Å²) < 4.78 is 1.89. The molecule has 1 aromatic heterocycles. The number of benzene rings is 1. The fourth-order valence-corrected chi connectivity index (χ4v) is 3.07. The number of imidazole rings is 1. The standard InChI is InChI=1S/C18H23N3O2S.ClH/c1-21-13-12-20-18(21)24-14-16(22)8-5-9-17(23)19-11-10-15-6-3-2-4-7-15;/h2-4,6-7,12-13H,5,8-11,14H2,1H3,(H,19,23);1H. The van der Waals surface area contributed by atoms with Crippen LogP contribution in [0.2, 0.25) is 0 Å². The van der Waals surface area contributed by atoms with Crippen molar-refractivity contribution in [3.8, 4) is 0 Å². The maximum absolute atomic E-state index is 11.8. The lowest BCUT2D eigenvalue weighted by Crippen LogP contribution is -2.25. The zero-order valence-electron chi connectivity index (χ0n) is 14.3. The van der Waals surface area contributed by atoms with Gasteiger partial charge >= 0.3 is 0 Å². The molecule has 0 atom stereocenters. The van der Waals surface area contributed by atoms with E-state index in [9.17, 15) is 9.59 Å². The first-order chi connectivity index (χ1) is 11.6. The number of rotatable bonds is 10. The van der Waals surface area contributed by atoms with E-state index in [0.717, 1.165) is 11.6 Å². The second-order valence-electron chi connectivity index (χ2n) is 5.59. The van der Waals surface area contributed by atoms with Crippen LogP contribution < -0.4 is 5.32 Å². The first-order valence-corrected chi connectivity index (χ1v) is 9.06. The fraction of sp³-hybridized carbons (Fsp3) is 0.389. The van der Waals surface area contributed by atoms with Crippen molar-refractivity contribution >= 4 is 35.9 Å². The summed E-state index contributed by atoms with van der Waals surface area (Å²) in [6, 6.07) is 10.1. The zero-order valence-corrected chi connectivity index (χ0v) is 15.9. The Morgan fingerprint density at radius 1 is 1.20 bits per heavy atom. The summed E-state index contributed by atoms with van der Waals surface area (Å²) in [5.41, 5.74) is 1.21. The van der Waals surface area contributed by atoms with E-state index in [2.05, 4.69) is 10.3 Å². The third-order valence-corrected chi connectivity index (χ3v) is 4.70. The highest BCUT2D eigenvalue weighted by Gasteiger charge is 2.08. The Morgan fingerprint density at radius 2 is 1.96 bits per heavy atom. The van der Waals surface area contributed by atoms with Crippen molar-refractivity contribution in [2.75, 3.05) is 12.3 Å². The zero-order chi connectivity index (χ0) is 17.2. The van der Waals surface area contributed by atoms with Crippen molar-refractivity contribution in [2.24, 2.45) is 7.05 Å². The van der Waals surface area contributed by atoms with Crippen molar-refractivity contribution in [2.45, 2.75) is 30.8 Å². The number of nitrogens with one attached hydrogen (secondary N) is 1. The second kappa shape index (κ2) is 11.7. The number of ketones is 1. The molecule has 0 bridgehead atoms. The van der Waals surface area contributed by atoms with Crippen LogP contribution in [0.4, 0.5) is 0 Å². The van der Waals surface area contributed by atoms with Crippen LogP contribution >= 0.6 is 24.2 Å². The normalized spacial score (nSPS) is 10.1. The minimum Gasteiger partial charge on any atom is -0.356 e. The van der Waals surface area contributed by atoms with E-state index in [0.29, 0.717) is 31.6 Å². The quantitative estimate of drug-likeness (QED) is 0.642. The summed E-state index contributed by atoms with van der Waals surface area (Å²) >= 11 is 1.43. The van der Waals surface area contributed by atoms with Crippen molar-refractivity contribution < 1.29 is 9.59 Å². The van der Waals surface area contributed by atoms with Crippen molar-refractivity contribution in [1.82, 2.24) is 14.9 Å². The molecule has 1 N–H and O–H groups in total. The van der Waals surface area contributed by atoms with Gasteiger partial charge in [-0.25, -0.2) is 4.98 Å². The third-order valence-electron chi connectivity index (χ3n) is 3.58. The summed E-state index contributed by atoms with van der Waals surface area (Å²) in [7, 11) is 1.90. The van der Waals surface area contributed by atoms with Crippen LogP contribution in [0.15, 0.2) is 47.9 Å². The molecule has 0 spiro atoms. The molecule has 0 aliphatic rings. The highest BCUT2D eigenvalue weighted by atomic mass is 35.5. The summed E-state index contributed by atoms with van der Waals surface area (Å²) in [4.78, 5) is 27.8. The number of hydrogen-bond donors (Lipinski definition) is 1. The topological polar surface area (TPSA) is 64.0 Å². The average Bonchev–Trinajstić information content (AvgIpc) is 2.99. The average molecular weight is 382 g/mol. The molecule has 1 aromatic carbocycles. The molecule has 136 valence electrons. The Hall–Kier alpha value is -1.79. The molecule has 0 radical (unpaired) electrons. The third kappa shape index (κ3) is 8.23. The van der Waals surface area contributed by atoms with Gasteiger partial charge in [0.2, 0.25) is 5.91 Å². The number of aromatic nitrogens is 2. The number of nitrogens with zero attached hydrogens (tertiary/aromatic N) is 2. The Bertz CT molecular complexity index is 661. The van der Waals surface area contributed by atoms with Gasteiger partial charge in [0.1, 0.15) is 5.78 Å². The van der Waals surface area contributed by atoms with E-state index in [-0.39, 0.29) is 24.1 Å². The Kier molecular flexibility index (Phi) is 9.96. The predicted octanol–water partition coefficient (Wildman–Crippen LogP) is 3.03. The van der Waals surface area contributed by atoms with Crippen molar-refractivity contribution in [1.29, 1.82) is 0 Å². The van der Waals surface area contributed by atoms with Gasteiger partial charge in [-0.2, -0.15) is 0 Å². The maximum atomic E-state index is 11.8. The molecule has 25 heavy (non-hydrogen) atoms. The van der Waals surface area contributed by atoms with Gasteiger partial charge in [-0.05, 0) is 18.4 Å². The largest absolute Gasteiger partial charge is 0.356 e. The lowest BCUT2D eigenvalue weighted by atomic mass is 10.1. The summed E-state index contributed by atoms with van der Waals surface area (Å²) in [5, 5.41) is 3.73. The van der Waals surface area contributed by atoms with Crippen LogP contribution in [0.5, 0.6) is 0 Å².